The lowest BCUT2D eigenvalue weighted by Crippen LogP contribution is -2.38. The van der Waals surface area contributed by atoms with Crippen molar-refractivity contribution in [2.45, 2.75) is 19.4 Å². The van der Waals surface area contributed by atoms with Crippen LogP contribution in [0.5, 0.6) is 0 Å². The number of benzene rings is 3. The molecule has 0 spiro atoms. The largest absolute Gasteiger partial charge is 0.341 e. The quantitative estimate of drug-likeness (QED) is 0.542. The van der Waals surface area contributed by atoms with Gasteiger partial charge in [0.15, 0.2) is 0 Å². The zero-order valence-electron chi connectivity index (χ0n) is 16.3. The molecule has 5 nitrogen and oxygen atoms in total. The van der Waals surface area contributed by atoms with Crippen LogP contribution in [0, 0.1) is 5.92 Å². The third-order valence-corrected chi connectivity index (χ3v) is 5.82. The molecule has 3 aromatic carbocycles. The third kappa shape index (κ3) is 3.74. The van der Waals surface area contributed by atoms with Crippen molar-refractivity contribution in [3.05, 3.63) is 72.6 Å². The summed E-state index contributed by atoms with van der Waals surface area (Å²) in [6.07, 6.45) is 1.74. The predicted octanol–water partition coefficient (Wildman–Crippen LogP) is 4.57. The van der Waals surface area contributed by atoms with Crippen molar-refractivity contribution in [2.24, 2.45) is 5.92 Å². The van der Waals surface area contributed by atoms with Gasteiger partial charge in [0.05, 0.1) is 17.6 Å². The third-order valence-electron chi connectivity index (χ3n) is 5.82. The Balaban J connectivity index is 1.20. The normalized spacial score (nSPS) is 15.7. The number of para-hydroxylation sites is 2. The Morgan fingerprint density at radius 3 is 2.62 bits per heavy atom. The molecule has 29 heavy (non-hydrogen) atoms. The van der Waals surface area contributed by atoms with Crippen molar-refractivity contribution in [1.29, 1.82) is 0 Å². The highest BCUT2D eigenvalue weighted by Crippen LogP contribution is 2.26. The number of nitrogens with one attached hydrogen (secondary N) is 2. The number of imidazole rings is 1. The van der Waals surface area contributed by atoms with Crippen LogP contribution in [-0.2, 0) is 11.3 Å². The number of anilines is 1. The molecule has 5 heteroatoms. The molecular weight excluding hydrogens is 360 g/mol. The molecule has 5 rings (SSSR count). The van der Waals surface area contributed by atoms with Crippen molar-refractivity contribution in [1.82, 2.24) is 14.9 Å². The van der Waals surface area contributed by atoms with Crippen molar-refractivity contribution in [3.63, 3.8) is 0 Å². The summed E-state index contributed by atoms with van der Waals surface area (Å²) in [7, 11) is 0. The Bertz CT molecular complexity index is 1120. The van der Waals surface area contributed by atoms with E-state index in [2.05, 4.69) is 44.5 Å². The van der Waals surface area contributed by atoms with Gasteiger partial charge in [-0.05, 0) is 49.5 Å². The minimum Gasteiger partial charge on any atom is -0.341 e. The summed E-state index contributed by atoms with van der Waals surface area (Å²) in [6, 6.07) is 22.3. The second kappa shape index (κ2) is 7.68. The first kappa shape index (κ1) is 17.9. The van der Waals surface area contributed by atoms with Crippen LogP contribution in [0.2, 0.25) is 0 Å². The van der Waals surface area contributed by atoms with Gasteiger partial charge in [0, 0.05) is 17.0 Å². The summed E-state index contributed by atoms with van der Waals surface area (Å²) in [6.45, 7) is 2.61. The highest BCUT2D eigenvalue weighted by Gasteiger charge is 2.25. The van der Waals surface area contributed by atoms with Crippen LogP contribution in [0.25, 0.3) is 21.8 Å². The van der Waals surface area contributed by atoms with E-state index in [0.717, 1.165) is 65.8 Å². The number of rotatable bonds is 4. The van der Waals surface area contributed by atoms with E-state index in [1.165, 1.54) is 0 Å². The molecule has 0 aliphatic carbocycles. The summed E-state index contributed by atoms with van der Waals surface area (Å²) in [5, 5.41) is 5.39. The maximum atomic E-state index is 12.8. The van der Waals surface area contributed by atoms with Gasteiger partial charge in [0.25, 0.3) is 0 Å². The molecule has 0 atom stereocenters. The molecular formula is C24H24N4O. The van der Waals surface area contributed by atoms with E-state index in [0.29, 0.717) is 0 Å². The standard InChI is InChI=1S/C24H24N4O/c29-24(27-20-11-5-7-17-6-1-2-8-19(17)20)18-12-14-28(15-13-18)16-23-25-21-9-3-4-10-22(21)26-23/h1-11,18H,12-16H2,(H,25,26)(H,27,29). The fourth-order valence-electron chi connectivity index (χ4n) is 4.21. The van der Waals surface area contributed by atoms with Crippen LogP contribution in [0.3, 0.4) is 0 Å². The molecule has 1 amide bonds. The molecule has 1 aliphatic rings. The molecule has 0 bridgehead atoms. The molecule has 4 aromatic rings. The number of fused-ring (bicyclic) bond motifs is 2. The molecule has 0 unspecified atom stereocenters. The van der Waals surface area contributed by atoms with Gasteiger partial charge in [-0.2, -0.15) is 0 Å². The van der Waals surface area contributed by atoms with E-state index in [1.54, 1.807) is 0 Å². The van der Waals surface area contributed by atoms with Gasteiger partial charge in [-0.15, -0.1) is 0 Å². The van der Waals surface area contributed by atoms with Crippen LogP contribution in [0.1, 0.15) is 18.7 Å². The Morgan fingerprint density at radius 2 is 1.76 bits per heavy atom. The molecule has 1 aromatic heterocycles. The molecule has 0 saturated carbocycles. The molecule has 2 heterocycles. The average Bonchev–Trinajstić information content (AvgIpc) is 3.17. The molecule has 2 N–H and O–H groups in total. The molecule has 146 valence electrons. The summed E-state index contributed by atoms with van der Waals surface area (Å²) in [5.74, 6) is 1.18. The summed E-state index contributed by atoms with van der Waals surface area (Å²) >= 11 is 0. The first-order valence-electron chi connectivity index (χ1n) is 10.2. The summed E-state index contributed by atoms with van der Waals surface area (Å²) in [4.78, 5) is 23.3. The monoisotopic (exact) mass is 384 g/mol. The number of aromatic nitrogens is 2. The minimum atomic E-state index is 0.0564. The summed E-state index contributed by atoms with van der Waals surface area (Å²) < 4.78 is 0. The van der Waals surface area contributed by atoms with Crippen LogP contribution >= 0.6 is 0 Å². The number of carbonyl (C=O) groups excluding carboxylic acids is 1. The van der Waals surface area contributed by atoms with Gasteiger partial charge in [-0.25, -0.2) is 4.98 Å². The van der Waals surface area contributed by atoms with E-state index in [1.807, 2.05) is 42.5 Å². The van der Waals surface area contributed by atoms with E-state index in [4.69, 9.17) is 0 Å². The van der Waals surface area contributed by atoms with Gasteiger partial charge >= 0.3 is 0 Å². The minimum absolute atomic E-state index is 0.0564. The van der Waals surface area contributed by atoms with Crippen molar-refractivity contribution in [2.75, 3.05) is 18.4 Å². The number of piperidine rings is 1. The Morgan fingerprint density at radius 1 is 1.00 bits per heavy atom. The van der Waals surface area contributed by atoms with E-state index >= 15 is 0 Å². The molecule has 1 aliphatic heterocycles. The first-order chi connectivity index (χ1) is 14.3. The lowest BCUT2D eigenvalue weighted by molar-refractivity contribution is -0.121. The fourth-order valence-corrected chi connectivity index (χ4v) is 4.21. The number of aromatic amines is 1. The van der Waals surface area contributed by atoms with Crippen molar-refractivity contribution < 1.29 is 4.79 Å². The molecule has 0 radical (unpaired) electrons. The lowest BCUT2D eigenvalue weighted by Gasteiger charge is -2.30. The van der Waals surface area contributed by atoms with Crippen LogP contribution < -0.4 is 5.32 Å². The SMILES string of the molecule is O=C(Nc1cccc2ccccc12)C1CCN(Cc2nc3ccccc3[nH]2)CC1. The molecule has 1 fully saturated rings. The van der Waals surface area contributed by atoms with Gasteiger partial charge in [-0.3, -0.25) is 9.69 Å². The van der Waals surface area contributed by atoms with E-state index < -0.39 is 0 Å². The average molecular weight is 384 g/mol. The van der Waals surface area contributed by atoms with Gasteiger partial charge in [0.1, 0.15) is 5.82 Å². The van der Waals surface area contributed by atoms with E-state index in [9.17, 15) is 4.79 Å². The van der Waals surface area contributed by atoms with Crippen LogP contribution in [0.15, 0.2) is 66.7 Å². The Labute approximate surface area is 169 Å². The van der Waals surface area contributed by atoms with Gasteiger partial charge in [0.2, 0.25) is 5.91 Å². The van der Waals surface area contributed by atoms with Gasteiger partial charge < -0.3 is 10.3 Å². The Hall–Kier alpha value is -3.18. The second-order valence-corrected chi connectivity index (χ2v) is 7.77. The highest BCUT2D eigenvalue weighted by molar-refractivity contribution is 6.02. The van der Waals surface area contributed by atoms with Crippen molar-refractivity contribution in [3.8, 4) is 0 Å². The predicted molar refractivity (Wildman–Crippen MR) is 117 cm³/mol. The topological polar surface area (TPSA) is 61.0 Å². The fraction of sp³-hybridized carbons (Fsp3) is 0.250. The maximum absolute atomic E-state index is 12.8. The number of hydrogen-bond donors (Lipinski definition) is 2. The van der Waals surface area contributed by atoms with Crippen LogP contribution in [-0.4, -0.2) is 33.9 Å². The zero-order chi connectivity index (χ0) is 19.6. The number of nitrogens with zero attached hydrogens (tertiary/aromatic N) is 2. The number of hydrogen-bond acceptors (Lipinski definition) is 3. The zero-order valence-corrected chi connectivity index (χ0v) is 16.3. The second-order valence-electron chi connectivity index (χ2n) is 7.77. The first-order valence-corrected chi connectivity index (χ1v) is 10.2. The van der Waals surface area contributed by atoms with Gasteiger partial charge in [-0.1, -0.05) is 48.5 Å². The maximum Gasteiger partial charge on any atom is 0.227 e. The summed E-state index contributed by atoms with van der Waals surface area (Å²) in [5.41, 5.74) is 2.98. The Kier molecular flexibility index (Phi) is 4.74. The number of carbonyl (C=O) groups is 1. The van der Waals surface area contributed by atoms with Crippen LogP contribution in [0.4, 0.5) is 5.69 Å². The molecule has 1 saturated heterocycles. The number of likely N-dealkylation sites (tertiary alicyclic amines) is 1. The van der Waals surface area contributed by atoms with E-state index in [-0.39, 0.29) is 11.8 Å². The number of amides is 1. The smallest absolute Gasteiger partial charge is 0.227 e. The van der Waals surface area contributed by atoms with Crippen molar-refractivity contribution >= 4 is 33.4 Å². The lowest BCUT2D eigenvalue weighted by atomic mass is 9.95. The number of H-pyrrole nitrogens is 1. The highest BCUT2D eigenvalue weighted by atomic mass is 16.1.